The number of nitriles is 1. The summed E-state index contributed by atoms with van der Waals surface area (Å²) in [4.78, 5) is 0. The molecule has 0 saturated carbocycles. The lowest BCUT2D eigenvalue weighted by Crippen LogP contribution is -2.20. The molecule has 0 bridgehead atoms. The lowest BCUT2D eigenvalue weighted by Gasteiger charge is -2.27. The van der Waals surface area contributed by atoms with Crippen molar-refractivity contribution in [3.8, 4) is 6.07 Å². The Morgan fingerprint density at radius 2 is 2.38 bits per heavy atom. The zero-order chi connectivity index (χ0) is 9.42. The number of nitrogens with two attached hydrogens (primary N) is 1. The summed E-state index contributed by atoms with van der Waals surface area (Å²) in [5.41, 5.74) is 7.52. The minimum atomic E-state index is 0.407. The van der Waals surface area contributed by atoms with Gasteiger partial charge in [0.05, 0.1) is 11.6 Å². The van der Waals surface area contributed by atoms with Crippen LogP contribution in [0.3, 0.4) is 0 Å². The van der Waals surface area contributed by atoms with Crippen molar-refractivity contribution in [2.24, 2.45) is 23.5 Å². The van der Waals surface area contributed by atoms with E-state index in [1.807, 2.05) is 0 Å². The van der Waals surface area contributed by atoms with Crippen LogP contribution >= 0.6 is 0 Å². The molecular weight excluding hydrogens is 160 g/mol. The molecule has 2 nitrogen and oxygen atoms in total. The van der Waals surface area contributed by atoms with Gasteiger partial charge in [-0.05, 0) is 24.7 Å². The van der Waals surface area contributed by atoms with E-state index in [0.717, 1.165) is 24.1 Å². The van der Waals surface area contributed by atoms with Crippen LogP contribution in [0.5, 0.6) is 0 Å². The van der Waals surface area contributed by atoms with E-state index >= 15 is 0 Å². The van der Waals surface area contributed by atoms with Crippen molar-refractivity contribution in [3.63, 3.8) is 0 Å². The fourth-order valence-electron chi connectivity index (χ4n) is 2.54. The van der Waals surface area contributed by atoms with Gasteiger partial charge < -0.3 is 5.73 Å². The summed E-state index contributed by atoms with van der Waals surface area (Å²) in [6, 6.07) is 2.25. The molecular formula is C11H14N2. The van der Waals surface area contributed by atoms with Crippen molar-refractivity contribution < 1.29 is 0 Å². The Morgan fingerprint density at radius 1 is 1.62 bits per heavy atom. The molecule has 0 aromatic rings. The first kappa shape index (κ1) is 8.37. The van der Waals surface area contributed by atoms with Crippen LogP contribution in [0.15, 0.2) is 23.4 Å². The monoisotopic (exact) mass is 174 g/mol. The lowest BCUT2D eigenvalue weighted by atomic mass is 9.76. The molecule has 0 spiro atoms. The first-order chi connectivity index (χ1) is 6.24. The molecule has 3 atom stereocenters. The molecule has 68 valence electrons. The number of rotatable bonds is 0. The molecule has 0 heterocycles. The standard InChI is InChI=1S/C11H14N2/c1-7-3-2-4-8-9(7)5-11(13)10(8)6-12/h2-3,7-9H,4-5,13H2,1H3. The average molecular weight is 174 g/mol. The summed E-state index contributed by atoms with van der Waals surface area (Å²) >= 11 is 0. The molecule has 2 heteroatoms. The minimum Gasteiger partial charge on any atom is -0.401 e. The van der Waals surface area contributed by atoms with E-state index in [2.05, 4.69) is 25.1 Å². The Kier molecular flexibility index (Phi) is 1.88. The molecule has 0 saturated heterocycles. The second-order valence-corrected chi connectivity index (χ2v) is 4.05. The van der Waals surface area contributed by atoms with Crippen molar-refractivity contribution in [1.82, 2.24) is 0 Å². The highest BCUT2D eigenvalue weighted by Gasteiger charge is 2.37. The smallest absolute Gasteiger partial charge is 0.0968 e. The number of nitrogens with zero attached hydrogens (tertiary/aromatic N) is 1. The zero-order valence-electron chi connectivity index (χ0n) is 7.83. The van der Waals surface area contributed by atoms with E-state index in [4.69, 9.17) is 11.0 Å². The number of fused-ring (bicyclic) bond motifs is 1. The molecule has 2 aliphatic rings. The van der Waals surface area contributed by atoms with Gasteiger partial charge in [0.1, 0.15) is 0 Å². The average Bonchev–Trinajstić information content (AvgIpc) is 2.43. The Bertz CT molecular complexity index is 319. The van der Waals surface area contributed by atoms with E-state index in [-0.39, 0.29) is 0 Å². The topological polar surface area (TPSA) is 49.8 Å². The zero-order valence-corrected chi connectivity index (χ0v) is 7.83. The first-order valence-electron chi connectivity index (χ1n) is 4.79. The maximum absolute atomic E-state index is 8.95. The highest BCUT2D eigenvalue weighted by Crippen LogP contribution is 2.44. The SMILES string of the molecule is CC1C=CCC2C(C#N)=C(N)CC12. The maximum atomic E-state index is 8.95. The van der Waals surface area contributed by atoms with E-state index in [1.165, 1.54) is 0 Å². The van der Waals surface area contributed by atoms with Gasteiger partial charge in [0.2, 0.25) is 0 Å². The molecule has 2 aliphatic carbocycles. The van der Waals surface area contributed by atoms with Gasteiger partial charge in [-0.1, -0.05) is 19.1 Å². The van der Waals surface area contributed by atoms with Crippen molar-refractivity contribution in [1.29, 1.82) is 5.26 Å². The highest BCUT2D eigenvalue weighted by atomic mass is 14.6. The summed E-state index contributed by atoms with van der Waals surface area (Å²) in [5.74, 6) is 1.56. The van der Waals surface area contributed by atoms with Gasteiger partial charge in [0.15, 0.2) is 0 Å². The van der Waals surface area contributed by atoms with Crippen molar-refractivity contribution in [3.05, 3.63) is 23.4 Å². The second-order valence-electron chi connectivity index (χ2n) is 4.05. The fourth-order valence-corrected chi connectivity index (χ4v) is 2.54. The lowest BCUT2D eigenvalue weighted by molar-refractivity contribution is 0.322. The molecule has 3 unspecified atom stereocenters. The summed E-state index contributed by atoms with van der Waals surface area (Å²) in [7, 11) is 0. The molecule has 2 N–H and O–H groups in total. The van der Waals surface area contributed by atoms with Gasteiger partial charge >= 0.3 is 0 Å². The van der Waals surface area contributed by atoms with E-state index < -0.39 is 0 Å². The van der Waals surface area contributed by atoms with Crippen molar-refractivity contribution in [2.75, 3.05) is 0 Å². The highest BCUT2D eigenvalue weighted by molar-refractivity contribution is 5.36. The number of hydrogen-bond acceptors (Lipinski definition) is 2. The summed E-state index contributed by atoms with van der Waals surface area (Å²) < 4.78 is 0. The molecule has 0 aromatic carbocycles. The third-order valence-electron chi connectivity index (χ3n) is 3.31. The fraction of sp³-hybridized carbons (Fsp3) is 0.545. The Morgan fingerprint density at radius 3 is 3.08 bits per heavy atom. The van der Waals surface area contributed by atoms with Crippen LogP contribution in [0.25, 0.3) is 0 Å². The van der Waals surface area contributed by atoms with E-state index in [1.54, 1.807) is 0 Å². The van der Waals surface area contributed by atoms with Gasteiger partial charge in [-0.2, -0.15) is 5.26 Å². The van der Waals surface area contributed by atoms with Crippen LogP contribution in [0.4, 0.5) is 0 Å². The van der Waals surface area contributed by atoms with Gasteiger partial charge in [0.25, 0.3) is 0 Å². The molecule has 2 rings (SSSR count). The normalized spacial score (nSPS) is 37.4. The van der Waals surface area contributed by atoms with Crippen LogP contribution < -0.4 is 5.73 Å². The molecule has 0 aromatic heterocycles. The summed E-state index contributed by atoms with van der Waals surface area (Å²) in [6.07, 6.45) is 6.34. The van der Waals surface area contributed by atoms with E-state index in [0.29, 0.717) is 17.8 Å². The van der Waals surface area contributed by atoms with Crippen LogP contribution in [0, 0.1) is 29.1 Å². The quantitative estimate of drug-likeness (QED) is 0.571. The number of hydrogen-bond donors (Lipinski definition) is 1. The van der Waals surface area contributed by atoms with Crippen LogP contribution in [-0.4, -0.2) is 0 Å². The summed E-state index contributed by atoms with van der Waals surface area (Å²) in [6.45, 7) is 2.21. The minimum absolute atomic E-state index is 0.407. The van der Waals surface area contributed by atoms with Crippen LogP contribution in [0.2, 0.25) is 0 Å². The third kappa shape index (κ3) is 1.16. The number of allylic oxidation sites excluding steroid dienone is 4. The Labute approximate surface area is 78.7 Å². The van der Waals surface area contributed by atoms with Gasteiger partial charge in [-0.25, -0.2) is 0 Å². The Hall–Kier alpha value is -1.23. The summed E-state index contributed by atoms with van der Waals surface area (Å²) in [5, 5.41) is 8.95. The molecule has 0 radical (unpaired) electrons. The van der Waals surface area contributed by atoms with Gasteiger partial charge in [-0.15, -0.1) is 0 Å². The van der Waals surface area contributed by atoms with Gasteiger partial charge in [0, 0.05) is 11.6 Å². The molecule has 0 fully saturated rings. The second kappa shape index (κ2) is 2.92. The Balaban J connectivity index is 2.31. The predicted octanol–water partition coefficient (Wildman–Crippen LogP) is 1.95. The molecule has 0 amide bonds. The third-order valence-corrected chi connectivity index (χ3v) is 3.31. The van der Waals surface area contributed by atoms with Gasteiger partial charge in [-0.3, -0.25) is 0 Å². The van der Waals surface area contributed by atoms with Crippen molar-refractivity contribution >= 4 is 0 Å². The predicted molar refractivity (Wildman–Crippen MR) is 51.3 cm³/mol. The van der Waals surface area contributed by atoms with E-state index in [9.17, 15) is 0 Å². The maximum Gasteiger partial charge on any atom is 0.0968 e. The van der Waals surface area contributed by atoms with Crippen LogP contribution in [0.1, 0.15) is 19.8 Å². The first-order valence-corrected chi connectivity index (χ1v) is 4.79. The molecule has 0 aliphatic heterocycles. The largest absolute Gasteiger partial charge is 0.401 e. The molecule has 13 heavy (non-hydrogen) atoms. The van der Waals surface area contributed by atoms with Crippen LogP contribution in [-0.2, 0) is 0 Å². The van der Waals surface area contributed by atoms with Crippen molar-refractivity contribution in [2.45, 2.75) is 19.8 Å².